The molecule has 0 fully saturated rings. The van der Waals surface area contributed by atoms with Gasteiger partial charge in [-0.2, -0.15) is 0 Å². The second-order valence-corrected chi connectivity index (χ2v) is 6.66. The number of alkyl carbamates (subject to hydrolysis) is 1. The maximum atomic E-state index is 12.1. The summed E-state index contributed by atoms with van der Waals surface area (Å²) in [6.07, 6.45) is 4.43. The number of ether oxygens (including phenoxy) is 1. The number of carbonyl (C=O) groups excluding carboxylic acids is 1. The van der Waals surface area contributed by atoms with Gasteiger partial charge in [0, 0.05) is 0 Å². The monoisotopic (exact) mass is 323 g/mol. The molecule has 0 aliphatic heterocycles. The molecular formula is C21H25NO2. The van der Waals surface area contributed by atoms with Crippen LogP contribution < -0.4 is 5.32 Å². The Labute approximate surface area is 144 Å². The van der Waals surface area contributed by atoms with Gasteiger partial charge in [-0.15, -0.1) is 0 Å². The number of benzene rings is 2. The van der Waals surface area contributed by atoms with Crippen molar-refractivity contribution in [2.24, 2.45) is 0 Å². The predicted octanol–water partition coefficient (Wildman–Crippen LogP) is 5.36. The molecule has 126 valence electrons. The Balaban J connectivity index is 2.06. The number of rotatable bonds is 5. The van der Waals surface area contributed by atoms with Crippen molar-refractivity contribution in [2.75, 3.05) is 0 Å². The van der Waals surface area contributed by atoms with Crippen molar-refractivity contribution < 1.29 is 9.53 Å². The molecule has 24 heavy (non-hydrogen) atoms. The van der Waals surface area contributed by atoms with Crippen LogP contribution >= 0.6 is 0 Å². The molecule has 0 aliphatic carbocycles. The summed E-state index contributed by atoms with van der Waals surface area (Å²) in [5.41, 5.74) is 1.69. The quantitative estimate of drug-likeness (QED) is 0.805. The molecule has 1 atom stereocenters. The summed E-state index contributed by atoms with van der Waals surface area (Å²) in [7, 11) is 0. The van der Waals surface area contributed by atoms with Gasteiger partial charge >= 0.3 is 6.09 Å². The molecule has 0 unspecified atom stereocenters. The van der Waals surface area contributed by atoms with E-state index in [0.29, 0.717) is 6.42 Å². The maximum absolute atomic E-state index is 12.1. The lowest BCUT2D eigenvalue weighted by Gasteiger charge is -2.23. The zero-order chi connectivity index (χ0) is 17.4. The standard InChI is InChI=1S/C21H25NO2/c1-21(2,3)24-20(23)22-19(18-14-8-5-9-15-18)16-10-13-17-11-6-4-7-12-17/h4-15,19H,16H2,1-3H3,(H,22,23)/t19-/m1/s1. The molecule has 0 spiro atoms. The molecule has 2 rings (SSSR count). The lowest BCUT2D eigenvalue weighted by atomic mass is 10.0. The van der Waals surface area contributed by atoms with Gasteiger partial charge in [0.2, 0.25) is 0 Å². The summed E-state index contributed by atoms with van der Waals surface area (Å²) in [5, 5.41) is 2.96. The summed E-state index contributed by atoms with van der Waals surface area (Å²) in [6, 6.07) is 19.9. The minimum atomic E-state index is -0.509. The van der Waals surface area contributed by atoms with Crippen LogP contribution in [0.2, 0.25) is 0 Å². The molecule has 0 aromatic heterocycles. The second kappa shape index (κ2) is 8.34. The van der Waals surface area contributed by atoms with Crippen LogP contribution in [0.15, 0.2) is 66.7 Å². The van der Waals surface area contributed by atoms with Gasteiger partial charge in [-0.25, -0.2) is 4.79 Å². The average molecular weight is 323 g/mol. The molecule has 0 aliphatic rings. The first-order valence-corrected chi connectivity index (χ1v) is 8.20. The van der Waals surface area contributed by atoms with Crippen LogP contribution in [0, 0.1) is 0 Å². The van der Waals surface area contributed by atoms with E-state index in [-0.39, 0.29) is 6.04 Å². The largest absolute Gasteiger partial charge is 0.444 e. The number of carbonyl (C=O) groups is 1. The average Bonchev–Trinajstić information content (AvgIpc) is 2.54. The van der Waals surface area contributed by atoms with Gasteiger partial charge in [0.1, 0.15) is 5.60 Å². The summed E-state index contributed by atoms with van der Waals surface area (Å²) in [5.74, 6) is 0. The van der Waals surface area contributed by atoms with Crippen molar-refractivity contribution in [1.82, 2.24) is 5.32 Å². The van der Waals surface area contributed by atoms with Crippen molar-refractivity contribution in [2.45, 2.75) is 38.8 Å². The van der Waals surface area contributed by atoms with Crippen LogP contribution in [0.4, 0.5) is 4.79 Å². The van der Waals surface area contributed by atoms with Gasteiger partial charge in [0.15, 0.2) is 0 Å². The van der Waals surface area contributed by atoms with Crippen molar-refractivity contribution in [3.05, 3.63) is 77.9 Å². The Bertz CT molecular complexity index is 657. The van der Waals surface area contributed by atoms with Crippen LogP contribution in [0.25, 0.3) is 6.08 Å². The highest BCUT2D eigenvalue weighted by atomic mass is 16.6. The van der Waals surface area contributed by atoms with Gasteiger partial charge < -0.3 is 10.1 Å². The molecule has 0 saturated carbocycles. The molecule has 3 heteroatoms. The van der Waals surface area contributed by atoms with Crippen molar-refractivity contribution >= 4 is 12.2 Å². The van der Waals surface area contributed by atoms with E-state index in [1.54, 1.807) is 0 Å². The fourth-order valence-corrected chi connectivity index (χ4v) is 2.32. The molecule has 0 bridgehead atoms. The first kappa shape index (κ1) is 17.8. The van der Waals surface area contributed by atoms with Crippen molar-refractivity contribution in [1.29, 1.82) is 0 Å². The Morgan fingerprint density at radius 2 is 1.62 bits per heavy atom. The Morgan fingerprint density at radius 3 is 2.21 bits per heavy atom. The van der Waals surface area contributed by atoms with E-state index in [1.807, 2.05) is 69.3 Å². The van der Waals surface area contributed by atoms with Gasteiger partial charge in [-0.3, -0.25) is 0 Å². The number of hydrogen-bond acceptors (Lipinski definition) is 2. The molecule has 2 aromatic rings. The summed E-state index contributed by atoms with van der Waals surface area (Å²) in [6.45, 7) is 5.58. The van der Waals surface area contributed by atoms with E-state index < -0.39 is 11.7 Å². The third-order valence-electron chi connectivity index (χ3n) is 3.37. The van der Waals surface area contributed by atoms with Crippen LogP contribution in [-0.2, 0) is 4.74 Å². The van der Waals surface area contributed by atoms with Gasteiger partial charge in [-0.05, 0) is 38.3 Å². The minimum Gasteiger partial charge on any atom is -0.444 e. The van der Waals surface area contributed by atoms with Crippen molar-refractivity contribution in [3.8, 4) is 0 Å². The fourth-order valence-electron chi connectivity index (χ4n) is 2.32. The summed E-state index contributed by atoms with van der Waals surface area (Å²) in [4.78, 5) is 12.1. The van der Waals surface area contributed by atoms with E-state index >= 15 is 0 Å². The Morgan fingerprint density at radius 1 is 1.04 bits per heavy atom. The zero-order valence-corrected chi connectivity index (χ0v) is 14.5. The van der Waals surface area contributed by atoms with Crippen molar-refractivity contribution in [3.63, 3.8) is 0 Å². The lowest BCUT2D eigenvalue weighted by Crippen LogP contribution is -2.34. The molecule has 0 radical (unpaired) electrons. The van der Waals surface area contributed by atoms with Crippen LogP contribution in [0.5, 0.6) is 0 Å². The van der Waals surface area contributed by atoms with E-state index in [9.17, 15) is 4.79 Å². The van der Waals surface area contributed by atoms with Crippen LogP contribution in [0.1, 0.15) is 44.4 Å². The maximum Gasteiger partial charge on any atom is 0.408 e. The van der Waals surface area contributed by atoms with Gasteiger partial charge in [-0.1, -0.05) is 72.8 Å². The first-order chi connectivity index (χ1) is 11.4. The summed E-state index contributed by atoms with van der Waals surface area (Å²) < 4.78 is 5.38. The molecule has 1 N–H and O–H groups in total. The topological polar surface area (TPSA) is 38.3 Å². The lowest BCUT2D eigenvalue weighted by molar-refractivity contribution is 0.0504. The highest BCUT2D eigenvalue weighted by molar-refractivity contribution is 5.68. The number of hydrogen-bond donors (Lipinski definition) is 1. The predicted molar refractivity (Wildman–Crippen MR) is 98.6 cm³/mol. The van der Waals surface area contributed by atoms with Gasteiger partial charge in [0.05, 0.1) is 6.04 Å². The Kier molecular flexibility index (Phi) is 6.19. The van der Waals surface area contributed by atoms with E-state index in [1.165, 1.54) is 0 Å². The molecule has 1 amide bonds. The fraction of sp³-hybridized carbons (Fsp3) is 0.286. The summed E-state index contributed by atoms with van der Waals surface area (Å²) >= 11 is 0. The third kappa shape index (κ3) is 6.29. The highest BCUT2D eigenvalue weighted by Gasteiger charge is 2.19. The first-order valence-electron chi connectivity index (χ1n) is 8.20. The van der Waals surface area contributed by atoms with Crippen LogP contribution in [0.3, 0.4) is 0 Å². The molecular weight excluding hydrogens is 298 g/mol. The van der Waals surface area contributed by atoms with Crippen LogP contribution in [-0.4, -0.2) is 11.7 Å². The SMILES string of the molecule is CC(C)(C)OC(=O)N[C@H](CC=Cc1ccccc1)c1ccccc1. The molecule has 2 aromatic carbocycles. The molecule has 0 heterocycles. The molecule has 0 saturated heterocycles. The number of amides is 1. The minimum absolute atomic E-state index is 0.124. The van der Waals surface area contributed by atoms with Gasteiger partial charge in [0.25, 0.3) is 0 Å². The number of nitrogens with one attached hydrogen (secondary N) is 1. The normalized spacial score (nSPS) is 12.8. The zero-order valence-electron chi connectivity index (χ0n) is 14.5. The highest BCUT2D eigenvalue weighted by Crippen LogP contribution is 2.19. The molecule has 3 nitrogen and oxygen atoms in total. The van der Waals surface area contributed by atoms with E-state index in [2.05, 4.69) is 29.6 Å². The second-order valence-electron chi connectivity index (χ2n) is 6.66. The Hall–Kier alpha value is -2.55. The smallest absolute Gasteiger partial charge is 0.408 e. The third-order valence-corrected chi connectivity index (χ3v) is 3.37. The van der Waals surface area contributed by atoms with E-state index in [4.69, 9.17) is 4.74 Å². The van der Waals surface area contributed by atoms with E-state index in [0.717, 1.165) is 11.1 Å².